The van der Waals surface area contributed by atoms with Crippen molar-refractivity contribution in [1.82, 2.24) is 0 Å². The van der Waals surface area contributed by atoms with Crippen molar-refractivity contribution in [2.24, 2.45) is 0 Å². The molecule has 0 radical (unpaired) electrons. The summed E-state index contributed by atoms with van der Waals surface area (Å²) in [5.41, 5.74) is 0. The van der Waals surface area contributed by atoms with Gasteiger partial charge in [-0.15, -0.1) is 0 Å². The highest BCUT2D eigenvalue weighted by Crippen LogP contribution is 2.15. The molecule has 0 bridgehead atoms. The molecule has 0 saturated carbocycles. The SMILES string of the molecule is O[C@H]1[C@H](O)COC(F)[C@@H]1O. The molecule has 0 amide bonds. The molecule has 0 aromatic rings. The van der Waals surface area contributed by atoms with Gasteiger partial charge in [0.05, 0.1) is 6.61 Å². The second-order valence-electron chi connectivity index (χ2n) is 2.23. The number of halogens is 1. The van der Waals surface area contributed by atoms with Gasteiger partial charge in [0, 0.05) is 0 Å². The van der Waals surface area contributed by atoms with Crippen LogP contribution >= 0.6 is 0 Å². The van der Waals surface area contributed by atoms with Gasteiger partial charge in [-0.2, -0.15) is 0 Å². The molecule has 1 heterocycles. The number of aliphatic hydroxyl groups is 3. The van der Waals surface area contributed by atoms with E-state index in [1.165, 1.54) is 0 Å². The lowest BCUT2D eigenvalue weighted by atomic mass is 10.1. The second-order valence-corrected chi connectivity index (χ2v) is 2.23. The molecule has 1 aliphatic heterocycles. The monoisotopic (exact) mass is 152 g/mol. The highest BCUT2D eigenvalue weighted by atomic mass is 19.1. The minimum Gasteiger partial charge on any atom is -0.388 e. The molecule has 0 aliphatic carbocycles. The summed E-state index contributed by atoms with van der Waals surface area (Å²) in [4.78, 5) is 0. The van der Waals surface area contributed by atoms with Crippen LogP contribution in [0.25, 0.3) is 0 Å². The van der Waals surface area contributed by atoms with E-state index in [1.807, 2.05) is 0 Å². The first-order valence-corrected chi connectivity index (χ1v) is 2.93. The Morgan fingerprint density at radius 1 is 1.20 bits per heavy atom. The summed E-state index contributed by atoms with van der Waals surface area (Å²) in [6, 6.07) is 0. The topological polar surface area (TPSA) is 69.9 Å². The van der Waals surface area contributed by atoms with Gasteiger partial charge < -0.3 is 20.1 Å². The lowest BCUT2D eigenvalue weighted by molar-refractivity contribution is -0.224. The Hall–Kier alpha value is -0.230. The predicted octanol–water partition coefficient (Wildman–Crippen LogP) is -1.61. The van der Waals surface area contributed by atoms with Gasteiger partial charge in [-0.3, -0.25) is 0 Å². The third-order valence-corrected chi connectivity index (χ3v) is 1.44. The van der Waals surface area contributed by atoms with Crippen LogP contribution in [0, 0.1) is 0 Å². The number of hydrogen-bond donors (Lipinski definition) is 3. The summed E-state index contributed by atoms with van der Waals surface area (Å²) < 4.78 is 16.5. The molecule has 10 heavy (non-hydrogen) atoms. The average Bonchev–Trinajstić information content (AvgIpc) is 1.93. The van der Waals surface area contributed by atoms with Crippen LogP contribution < -0.4 is 0 Å². The number of aliphatic hydroxyl groups excluding tert-OH is 3. The fourth-order valence-corrected chi connectivity index (χ4v) is 0.770. The van der Waals surface area contributed by atoms with Crippen molar-refractivity contribution < 1.29 is 24.4 Å². The maximum absolute atomic E-state index is 12.3. The Balaban J connectivity index is 2.52. The number of rotatable bonds is 0. The zero-order valence-electron chi connectivity index (χ0n) is 5.14. The van der Waals surface area contributed by atoms with E-state index in [-0.39, 0.29) is 6.61 Å². The molecular weight excluding hydrogens is 143 g/mol. The third kappa shape index (κ3) is 1.27. The first kappa shape index (κ1) is 7.87. The first-order chi connectivity index (χ1) is 4.63. The lowest BCUT2D eigenvalue weighted by Gasteiger charge is -2.30. The van der Waals surface area contributed by atoms with Gasteiger partial charge in [0.15, 0.2) is 0 Å². The van der Waals surface area contributed by atoms with Gasteiger partial charge >= 0.3 is 0 Å². The summed E-state index contributed by atoms with van der Waals surface area (Å²) in [7, 11) is 0. The Bertz CT molecular complexity index is 106. The van der Waals surface area contributed by atoms with E-state index in [0.717, 1.165) is 0 Å². The normalized spacial score (nSPS) is 49.2. The third-order valence-electron chi connectivity index (χ3n) is 1.44. The zero-order valence-corrected chi connectivity index (χ0v) is 5.14. The van der Waals surface area contributed by atoms with Crippen LogP contribution in [-0.4, -0.2) is 46.6 Å². The molecule has 1 saturated heterocycles. The van der Waals surface area contributed by atoms with Crippen molar-refractivity contribution >= 4 is 0 Å². The molecule has 4 nitrogen and oxygen atoms in total. The smallest absolute Gasteiger partial charge is 0.227 e. The van der Waals surface area contributed by atoms with Crippen LogP contribution in [0.2, 0.25) is 0 Å². The molecule has 5 heteroatoms. The van der Waals surface area contributed by atoms with Crippen molar-refractivity contribution in [3.8, 4) is 0 Å². The van der Waals surface area contributed by atoms with Crippen molar-refractivity contribution in [2.75, 3.05) is 6.61 Å². The summed E-state index contributed by atoms with van der Waals surface area (Å²) in [6.07, 6.45) is -6.16. The standard InChI is InChI=1S/C5H9FO4/c6-5-4(9)3(8)2(7)1-10-5/h2-5,7-9H,1H2/t2-,3+,4-,5?/m1/s1. The Morgan fingerprint density at radius 3 is 2.30 bits per heavy atom. The van der Waals surface area contributed by atoms with Gasteiger partial charge in [-0.1, -0.05) is 0 Å². The average molecular weight is 152 g/mol. The van der Waals surface area contributed by atoms with Gasteiger partial charge in [0.25, 0.3) is 0 Å². The quantitative estimate of drug-likeness (QED) is 0.391. The highest BCUT2D eigenvalue weighted by molar-refractivity contribution is 4.81. The number of alkyl halides is 1. The Kier molecular flexibility index (Phi) is 2.20. The van der Waals surface area contributed by atoms with Crippen LogP contribution in [0.15, 0.2) is 0 Å². The zero-order chi connectivity index (χ0) is 7.72. The maximum atomic E-state index is 12.3. The van der Waals surface area contributed by atoms with Gasteiger partial charge in [0.1, 0.15) is 18.3 Å². The minimum absolute atomic E-state index is 0.278. The largest absolute Gasteiger partial charge is 0.388 e. The lowest BCUT2D eigenvalue weighted by Crippen LogP contribution is -2.51. The molecule has 1 aliphatic rings. The Labute approximate surface area is 56.9 Å². The van der Waals surface area contributed by atoms with Crippen molar-refractivity contribution in [1.29, 1.82) is 0 Å². The number of ether oxygens (including phenoxy) is 1. The van der Waals surface area contributed by atoms with Crippen molar-refractivity contribution in [2.45, 2.75) is 24.7 Å². The van der Waals surface area contributed by atoms with Gasteiger partial charge in [-0.25, -0.2) is 4.39 Å². The molecule has 60 valence electrons. The predicted molar refractivity (Wildman–Crippen MR) is 28.9 cm³/mol. The van der Waals surface area contributed by atoms with E-state index < -0.39 is 24.7 Å². The van der Waals surface area contributed by atoms with Gasteiger partial charge in [-0.05, 0) is 0 Å². The fourth-order valence-electron chi connectivity index (χ4n) is 0.770. The van der Waals surface area contributed by atoms with Crippen LogP contribution in [-0.2, 0) is 4.74 Å². The van der Waals surface area contributed by atoms with E-state index in [2.05, 4.69) is 4.74 Å². The fraction of sp³-hybridized carbons (Fsp3) is 1.00. The van der Waals surface area contributed by atoms with E-state index in [1.54, 1.807) is 0 Å². The second kappa shape index (κ2) is 2.79. The van der Waals surface area contributed by atoms with E-state index in [9.17, 15) is 4.39 Å². The molecule has 4 atom stereocenters. The van der Waals surface area contributed by atoms with Gasteiger partial charge in [0.2, 0.25) is 6.36 Å². The molecular formula is C5H9FO4. The van der Waals surface area contributed by atoms with E-state index in [4.69, 9.17) is 15.3 Å². The van der Waals surface area contributed by atoms with Crippen LogP contribution in [0.4, 0.5) is 4.39 Å². The molecule has 1 unspecified atom stereocenters. The molecule has 1 rings (SSSR count). The summed E-state index contributed by atoms with van der Waals surface area (Å²) >= 11 is 0. The van der Waals surface area contributed by atoms with Crippen LogP contribution in [0.1, 0.15) is 0 Å². The molecule has 0 aromatic carbocycles. The molecule has 3 N–H and O–H groups in total. The van der Waals surface area contributed by atoms with Crippen LogP contribution in [0.5, 0.6) is 0 Å². The van der Waals surface area contributed by atoms with E-state index >= 15 is 0 Å². The summed E-state index contributed by atoms with van der Waals surface area (Å²) in [6.45, 7) is -0.278. The molecule has 0 spiro atoms. The maximum Gasteiger partial charge on any atom is 0.227 e. The first-order valence-electron chi connectivity index (χ1n) is 2.93. The Morgan fingerprint density at radius 2 is 1.80 bits per heavy atom. The summed E-state index contributed by atoms with van der Waals surface area (Å²) in [5, 5.41) is 26.3. The van der Waals surface area contributed by atoms with Crippen molar-refractivity contribution in [3.63, 3.8) is 0 Å². The summed E-state index contributed by atoms with van der Waals surface area (Å²) in [5.74, 6) is 0. The molecule has 1 fully saturated rings. The van der Waals surface area contributed by atoms with Crippen LogP contribution in [0.3, 0.4) is 0 Å². The number of hydrogen-bond acceptors (Lipinski definition) is 4. The highest BCUT2D eigenvalue weighted by Gasteiger charge is 2.37. The van der Waals surface area contributed by atoms with Crippen molar-refractivity contribution in [3.05, 3.63) is 0 Å². The minimum atomic E-state index is -1.89. The van der Waals surface area contributed by atoms with E-state index in [0.29, 0.717) is 0 Å². The molecule has 0 aromatic heterocycles.